The average Bonchev–Trinajstić information content (AvgIpc) is 2.66. The Labute approximate surface area is 90.1 Å². The first kappa shape index (κ1) is 10.1. The van der Waals surface area contributed by atoms with Gasteiger partial charge in [-0.2, -0.15) is 5.10 Å². The minimum absolute atomic E-state index is 0.202. The molecule has 0 radical (unpaired) electrons. The van der Waals surface area contributed by atoms with Crippen molar-refractivity contribution in [2.24, 2.45) is 0 Å². The molecule has 0 saturated carbocycles. The van der Waals surface area contributed by atoms with Gasteiger partial charge in [0, 0.05) is 17.8 Å². The standard InChI is InChI=1S/C10H7ClF2N2/c11-4-7-5-14-15(6-7)10-2-1-8(12)3-9(10)13/h1-3,5-6H,4H2. The maximum atomic E-state index is 13.3. The second kappa shape index (κ2) is 3.98. The summed E-state index contributed by atoms with van der Waals surface area (Å²) in [6, 6.07) is 3.33. The van der Waals surface area contributed by atoms with Crippen molar-refractivity contribution in [1.82, 2.24) is 9.78 Å². The molecule has 0 amide bonds. The van der Waals surface area contributed by atoms with Gasteiger partial charge in [0.25, 0.3) is 0 Å². The molecule has 2 nitrogen and oxygen atoms in total. The van der Waals surface area contributed by atoms with E-state index in [0.717, 1.165) is 11.6 Å². The molecular weight excluding hydrogens is 222 g/mol. The summed E-state index contributed by atoms with van der Waals surface area (Å²) in [6.45, 7) is 0. The Balaban J connectivity index is 2.44. The van der Waals surface area contributed by atoms with Gasteiger partial charge >= 0.3 is 0 Å². The Morgan fingerprint density at radius 3 is 2.73 bits per heavy atom. The fourth-order valence-corrected chi connectivity index (χ4v) is 1.37. The third-order valence-corrected chi connectivity index (χ3v) is 2.26. The van der Waals surface area contributed by atoms with E-state index < -0.39 is 11.6 Å². The zero-order valence-corrected chi connectivity index (χ0v) is 8.38. The smallest absolute Gasteiger partial charge is 0.151 e. The van der Waals surface area contributed by atoms with Crippen LogP contribution in [0.5, 0.6) is 0 Å². The van der Waals surface area contributed by atoms with Crippen LogP contribution in [0.1, 0.15) is 5.56 Å². The highest BCUT2D eigenvalue weighted by Crippen LogP contribution is 2.15. The molecule has 0 fully saturated rings. The van der Waals surface area contributed by atoms with E-state index in [-0.39, 0.29) is 5.69 Å². The summed E-state index contributed by atoms with van der Waals surface area (Å²) >= 11 is 5.59. The van der Waals surface area contributed by atoms with Crippen LogP contribution < -0.4 is 0 Å². The first-order valence-electron chi connectivity index (χ1n) is 4.25. The van der Waals surface area contributed by atoms with Crippen molar-refractivity contribution in [3.8, 4) is 5.69 Å². The number of nitrogens with zero attached hydrogens (tertiary/aromatic N) is 2. The first-order chi connectivity index (χ1) is 7.20. The normalized spacial score (nSPS) is 10.6. The molecule has 1 aromatic carbocycles. The van der Waals surface area contributed by atoms with Crippen LogP contribution >= 0.6 is 11.6 Å². The molecule has 2 aromatic rings. The van der Waals surface area contributed by atoms with E-state index in [2.05, 4.69) is 5.10 Å². The predicted octanol–water partition coefficient (Wildman–Crippen LogP) is 2.89. The highest BCUT2D eigenvalue weighted by molar-refractivity contribution is 6.17. The van der Waals surface area contributed by atoms with Gasteiger partial charge in [-0.3, -0.25) is 0 Å². The Morgan fingerprint density at radius 1 is 1.33 bits per heavy atom. The molecule has 0 unspecified atom stereocenters. The van der Waals surface area contributed by atoms with Gasteiger partial charge < -0.3 is 0 Å². The molecule has 0 spiro atoms. The molecule has 15 heavy (non-hydrogen) atoms. The fraction of sp³-hybridized carbons (Fsp3) is 0.100. The Morgan fingerprint density at radius 2 is 2.13 bits per heavy atom. The molecule has 78 valence electrons. The topological polar surface area (TPSA) is 17.8 Å². The van der Waals surface area contributed by atoms with Gasteiger partial charge in [-0.25, -0.2) is 13.5 Å². The van der Waals surface area contributed by atoms with Crippen LogP contribution in [0.2, 0.25) is 0 Å². The van der Waals surface area contributed by atoms with E-state index in [1.807, 2.05) is 0 Å². The minimum atomic E-state index is -0.653. The van der Waals surface area contributed by atoms with Gasteiger partial charge in [-0.1, -0.05) is 0 Å². The number of hydrogen-bond donors (Lipinski definition) is 0. The number of aromatic nitrogens is 2. The van der Waals surface area contributed by atoms with Crippen molar-refractivity contribution in [1.29, 1.82) is 0 Å². The molecule has 0 aliphatic rings. The SMILES string of the molecule is Fc1ccc(-n2cc(CCl)cn2)c(F)c1. The van der Waals surface area contributed by atoms with Crippen molar-refractivity contribution in [3.05, 3.63) is 47.8 Å². The highest BCUT2D eigenvalue weighted by atomic mass is 35.5. The van der Waals surface area contributed by atoms with Crippen LogP contribution in [0, 0.1) is 11.6 Å². The molecule has 0 atom stereocenters. The lowest BCUT2D eigenvalue weighted by atomic mass is 10.3. The Bertz CT molecular complexity index is 482. The van der Waals surface area contributed by atoms with Crippen molar-refractivity contribution < 1.29 is 8.78 Å². The van der Waals surface area contributed by atoms with Gasteiger partial charge in [0.1, 0.15) is 11.5 Å². The van der Waals surface area contributed by atoms with Crippen LogP contribution in [0.15, 0.2) is 30.6 Å². The Kier molecular flexibility index (Phi) is 2.68. The summed E-state index contributed by atoms with van der Waals surface area (Å²) in [5.74, 6) is -0.955. The zero-order valence-electron chi connectivity index (χ0n) is 7.62. The number of hydrogen-bond acceptors (Lipinski definition) is 1. The van der Waals surface area contributed by atoms with Crippen LogP contribution in [0.25, 0.3) is 5.69 Å². The monoisotopic (exact) mass is 228 g/mol. The van der Waals surface area contributed by atoms with E-state index in [4.69, 9.17) is 11.6 Å². The van der Waals surface area contributed by atoms with Crippen LogP contribution in [0.4, 0.5) is 8.78 Å². The van der Waals surface area contributed by atoms with Crippen molar-refractivity contribution in [3.63, 3.8) is 0 Å². The minimum Gasteiger partial charge on any atom is -0.238 e. The second-order valence-corrected chi connectivity index (χ2v) is 3.29. The molecule has 0 aliphatic heterocycles. The van der Waals surface area contributed by atoms with Gasteiger partial charge in [0.2, 0.25) is 0 Å². The summed E-state index contributed by atoms with van der Waals surface area (Å²) in [7, 11) is 0. The van der Waals surface area contributed by atoms with E-state index in [1.54, 1.807) is 6.20 Å². The summed E-state index contributed by atoms with van der Waals surface area (Å²) in [5.41, 5.74) is 0.980. The maximum Gasteiger partial charge on any atom is 0.151 e. The van der Waals surface area contributed by atoms with E-state index in [1.165, 1.54) is 23.0 Å². The third kappa shape index (κ3) is 1.99. The van der Waals surface area contributed by atoms with Crippen LogP contribution in [0.3, 0.4) is 0 Å². The number of halogens is 3. The number of alkyl halides is 1. The molecule has 1 aromatic heterocycles. The zero-order chi connectivity index (χ0) is 10.8. The lowest BCUT2D eigenvalue weighted by Gasteiger charge is -2.02. The third-order valence-electron chi connectivity index (χ3n) is 1.95. The quantitative estimate of drug-likeness (QED) is 0.723. The fourth-order valence-electron chi connectivity index (χ4n) is 1.23. The molecule has 2 rings (SSSR count). The largest absolute Gasteiger partial charge is 0.238 e. The molecule has 5 heteroatoms. The van der Waals surface area contributed by atoms with Crippen molar-refractivity contribution >= 4 is 11.6 Å². The lowest BCUT2D eigenvalue weighted by molar-refractivity contribution is 0.573. The number of benzene rings is 1. The highest BCUT2D eigenvalue weighted by Gasteiger charge is 2.07. The van der Waals surface area contributed by atoms with E-state index in [9.17, 15) is 8.78 Å². The predicted molar refractivity (Wildman–Crippen MR) is 53.0 cm³/mol. The average molecular weight is 229 g/mol. The maximum absolute atomic E-state index is 13.3. The summed E-state index contributed by atoms with van der Waals surface area (Å²) in [4.78, 5) is 0. The molecule has 1 heterocycles. The first-order valence-corrected chi connectivity index (χ1v) is 4.79. The molecule has 0 saturated heterocycles. The Hall–Kier alpha value is -1.42. The van der Waals surface area contributed by atoms with Gasteiger partial charge in [-0.05, 0) is 12.1 Å². The van der Waals surface area contributed by atoms with Crippen LogP contribution in [-0.4, -0.2) is 9.78 Å². The molecule has 0 aliphatic carbocycles. The van der Waals surface area contributed by atoms with Crippen LogP contribution in [-0.2, 0) is 5.88 Å². The lowest BCUT2D eigenvalue weighted by Crippen LogP contribution is -1.98. The van der Waals surface area contributed by atoms with Gasteiger partial charge in [0.15, 0.2) is 5.82 Å². The second-order valence-electron chi connectivity index (χ2n) is 3.02. The van der Waals surface area contributed by atoms with Crippen molar-refractivity contribution in [2.75, 3.05) is 0 Å². The van der Waals surface area contributed by atoms with E-state index >= 15 is 0 Å². The summed E-state index contributed by atoms with van der Waals surface area (Å²) < 4.78 is 27.3. The number of rotatable bonds is 2. The van der Waals surface area contributed by atoms with Gasteiger partial charge in [0.05, 0.1) is 12.1 Å². The molecular formula is C10H7ClF2N2. The summed E-state index contributed by atoms with van der Waals surface area (Å²) in [5, 5.41) is 3.92. The van der Waals surface area contributed by atoms with Crippen molar-refractivity contribution in [2.45, 2.75) is 5.88 Å². The molecule has 0 N–H and O–H groups in total. The molecule has 0 bridgehead atoms. The van der Waals surface area contributed by atoms with Gasteiger partial charge in [-0.15, -0.1) is 11.6 Å². The van der Waals surface area contributed by atoms with E-state index in [0.29, 0.717) is 5.88 Å². The summed E-state index contributed by atoms with van der Waals surface area (Å²) in [6.07, 6.45) is 3.14.